The fourth-order valence-electron chi connectivity index (χ4n) is 0.622. The summed E-state index contributed by atoms with van der Waals surface area (Å²) in [6, 6.07) is 0. The van der Waals surface area contributed by atoms with Gasteiger partial charge in [-0.1, -0.05) is 13.3 Å². The van der Waals surface area contributed by atoms with Gasteiger partial charge in [0.25, 0.3) is 0 Å². The molecular formula is C8H13ClO4. The number of rotatable bonds is 5. The Bertz CT molecular complexity index is 181. The van der Waals surface area contributed by atoms with Crippen molar-refractivity contribution in [3.05, 3.63) is 0 Å². The summed E-state index contributed by atoms with van der Waals surface area (Å²) in [6.07, 6.45) is 0.811. The van der Waals surface area contributed by atoms with Crippen LogP contribution in [0.15, 0.2) is 0 Å². The first-order chi connectivity index (χ1) is 6.07. The van der Waals surface area contributed by atoms with Gasteiger partial charge < -0.3 is 9.47 Å². The molecule has 76 valence electrons. The van der Waals surface area contributed by atoms with E-state index in [9.17, 15) is 9.59 Å². The number of hydrogen-bond donors (Lipinski definition) is 0. The van der Waals surface area contributed by atoms with Gasteiger partial charge in [-0.3, -0.25) is 0 Å². The lowest BCUT2D eigenvalue weighted by atomic mass is 10.3. The van der Waals surface area contributed by atoms with E-state index in [4.69, 9.17) is 16.3 Å². The van der Waals surface area contributed by atoms with E-state index in [1.165, 1.54) is 6.92 Å². The largest absolute Gasteiger partial charge is 0.463 e. The molecule has 0 aliphatic carbocycles. The lowest BCUT2D eigenvalue weighted by Crippen LogP contribution is -2.24. The molecule has 0 bridgehead atoms. The molecule has 0 amide bonds. The average Bonchev–Trinajstić information content (AvgIpc) is 2.03. The fourth-order valence-corrected chi connectivity index (χ4v) is 0.755. The van der Waals surface area contributed by atoms with E-state index in [2.05, 4.69) is 4.74 Å². The summed E-state index contributed by atoms with van der Waals surface area (Å²) in [6.45, 7) is 3.74. The molecule has 0 aliphatic heterocycles. The Balaban J connectivity index is 3.63. The zero-order valence-corrected chi connectivity index (χ0v) is 8.47. The molecule has 5 heteroatoms. The van der Waals surface area contributed by atoms with Crippen LogP contribution < -0.4 is 0 Å². The predicted molar refractivity (Wildman–Crippen MR) is 47.7 cm³/mol. The monoisotopic (exact) mass is 208 g/mol. The minimum absolute atomic E-state index is 0.347. The van der Waals surface area contributed by atoms with Crippen LogP contribution in [0.3, 0.4) is 0 Å². The maximum Gasteiger partial charge on any atom is 0.404 e. The standard InChI is InChI=1S/C8H13ClO4/c1-3-4-5-12-7(10)6(2)13-8(9)11/h6H,3-5H2,1-2H3. The zero-order valence-electron chi connectivity index (χ0n) is 7.71. The molecule has 4 nitrogen and oxygen atoms in total. The Morgan fingerprint density at radius 1 is 1.46 bits per heavy atom. The van der Waals surface area contributed by atoms with E-state index in [1.807, 2.05) is 6.92 Å². The molecule has 0 aromatic heterocycles. The van der Waals surface area contributed by atoms with Gasteiger partial charge in [-0.15, -0.1) is 0 Å². The van der Waals surface area contributed by atoms with E-state index in [1.54, 1.807) is 0 Å². The van der Waals surface area contributed by atoms with Crippen molar-refractivity contribution in [1.29, 1.82) is 0 Å². The molecule has 0 saturated carbocycles. The molecule has 0 spiro atoms. The fraction of sp³-hybridized carbons (Fsp3) is 0.750. The van der Waals surface area contributed by atoms with Crippen molar-refractivity contribution >= 4 is 23.0 Å². The van der Waals surface area contributed by atoms with Gasteiger partial charge in [0.15, 0.2) is 6.10 Å². The number of esters is 1. The zero-order chi connectivity index (χ0) is 10.3. The van der Waals surface area contributed by atoms with Gasteiger partial charge in [-0.2, -0.15) is 0 Å². The van der Waals surface area contributed by atoms with E-state index < -0.39 is 17.5 Å². The molecule has 1 unspecified atom stereocenters. The Hall–Kier alpha value is -0.770. The number of carbonyl (C=O) groups excluding carboxylic acids is 2. The number of unbranched alkanes of at least 4 members (excludes halogenated alkanes) is 1. The predicted octanol–water partition coefficient (Wildman–Crippen LogP) is 2.09. The molecule has 13 heavy (non-hydrogen) atoms. The molecule has 0 N–H and O–H groups in total. The molecule has 0 rings (SSSR count). The van der Waals surface area contributed by atoms with Gasteiger partial charge in [-0.05, 0) is 13.3 Å². The number of hydrogen-bond acceptors (Lipinski definition) is 4. The summed E-state index contributed by atoms with van der Waals surface area (Å²) in [4.78, 5) is 21.2. The van der Waals surface area contributed by atoms with Gasteiger partial charge in [0.2, 0.25) is 0 Å². The third kappa shape index (κ3) is 6.40. The first-order valence-electron chi connectivity index (χ1n) is 4.10. The summed E-state index contributed by atoms with van der Waals surface area (Å²) >= 11 is 4.91. The van der Waals surface area contributed by atoms with Crippen LogP contribution in [0.25, 0.3) is 0 Å². The van der Waals surface area contributed by atoms with Crippen molar-refractivity contribution in [3.63, 3.8) is 0 Å². The topological polar surface area (TPSA) is 52.6 Å². The lowest BCUT2D eigenvalue weighted by Gasteiger charge is -2.09. The molecule has 0 aromatic rings. The van der Waals surface area contributed by atoms with Crippen LogP contribution in [0, 0.1) is 0 Å². The van der Waals surface area contributed by atoms with Crippen molar-refractivity contribution in [1.82, 2.24) is 0 Å². The van der Waals surface area contributed by atoms with Crippen molar-refractivity contribution in [3.8, 4) is 0 Å². The molecule has 0 fully saturated rings. The van der Waals surface area contributed by atoms with E-state index in [-0.39, 0.29) is 0 Å². The minimum Gasteiger partial charge on any atom is -0.463 e. The Kier molecular flexibility index (Phi) is 6.32. The van der Waals surface area contributed by atoms with Gasteiger partial charge in [0.05, 0.1) is 6.61 Å². The van der Waals surface area contributed by atoms with Crippen molar-refractivity contribution in [2.45, 2.75) is 32.8 Å². The van der Waals surface area contributed by atoms with Crippen molar-refractivity contribution in [2.24, 2.45) is 0 Å². The summed E-state index contributed by atoms with van der Waals surface area (Å²) in [5.41, 5.74) is -1.00. The quantitative estimate of drug-likeness (QED) is 0.394. The van der Waals surface area contributed by atoms with E-state index in [0.717, 1.165) is 12.8 Å². The van der Waals surface area contributed by atoms with Crippen LogP contribution in [-0.4, -0.2) is 24.1 Å². The van der Waals surface area contributed by atoms with Gasteiger partial charge >= 0.3 is 11.4 Å². The van der Waals surface area contributed by atoms with Crippen molar-refractivity contribution in [2.75, 3.05) is 6.61 Å². The SMILES string of the molecule is CCCCOC(=O)C(C)OC(=O)Cl. The van der Waals surface area contributed by atoms with E-state index in [0.29, 0.717) is 6.61 Å². The normalized spacial score (nSPS) is 11.9. The van der Waals surface area contributed by atoms with Crippen LogP contribution in [-0.2, 0) is 14.3 Å². The van der Waals surface area contributed by atoms with Crippen LogP contribution >= 0.6 is 11.6 Å². The van der Waals surface area contributed by atoms with Crippen LogP contribution in [0.2, 0.25) is 0 Å². The molecule has 0 aliphatic rings. The summed E-state index contributed by atoms with van der Waals surface area (Å²) in [5, 5.41) is 0. The second-order valence-corrected chi connectivity index (χ2v) is 2.83. The van der Waals surface area contributed by atoms with Crippen LogP contribution in [0.4, 0.5) is 4.79 Å². The number of ether oxygens (including phenoxy) is 2. The van der Waals surface area contributed by atoms with Gasteiger partial charge in [0, 0.05) is 11.6 Å². The summed E-state index contributed by atoms with van der Waals surface area (Å²) in [7, 11) is 0. The third-order valence-corrected chi connectivity index (χ3v) is 1.43. The van der Waals surface area contributed by atoms with Crippen LogP contribution in [0.5, 0.6) is 0 Å². The highest BCUT2D eigenvalue weighted by molar-refractivity contribution is 6.61. The molecule has 0 radical (unpaired) electrons. The Labute approximate surface area is 82.1 Å². The average molecular weight is 209 g/mol. The van der Waals surface area contributed by atoms with E-state index >= 15 is 0 Å². The highest BCUT2D eigenvalue weighted by Gasteiger charge is 2.17. The van der Waals surface area contributed by atoms with Crippen LogP contribution in [0.1, 0.15) is 26.7 Å². The minimum atomic E-state index is -1.00. The summed E-state index contributed by atoms with van der Waals surface area (Å²) < 4.78 is 9.16. The third-order valence-electron chi connectivity index (χ3n) is 1.34. The number of halogens is 1. The highest BCUT2D eigenvalue weighted by atomic mass is 35.5. The smallest absolute Gasteiger partial charge is 0.404 e. The Morgan fingerprint density at radius 3 is 2.54 bits per heavy atom. The Morgan fingerprint density at radius 2 is 2.08 bits per heavy atom. The molecule has 0 aromatic carbocycles. The lowest BCUT2D eigenvalue weighted by molar-refractivity contribution is -0.152. The maximum absolute atomic E-state index is 11.0. The second-order valence-electron chi connectivity index (χ2n) is 2.52. The first kappa shape index (κ1) is 12.2. The van der Waals surface area contributed by atoms with Crippen molar-refractivity contribution < 1.29 is 19.1 Å². The molecule has 0 saturated heterocycles. The molecule has 1 atom stereocenters. The summed E-state index contributed by atoms with van der Waals surface area (Å²) in [5.74, 6) is -0.567. The molecule has 0 heterocycles. The first-order valence-corrected chi connectivity index (χ1v) is 4.48. The maximum atomic E-state index is 11.0. The second kappa shape index (κ2) is 6.71. The number of carbonyl (C=O) groups is 2. The highest BCUT2D eigenvalue weighted by Crippen LogP contribution is 1.99. The van der Waals surface area contributed by atoms with Gasteiger partial charge in [0.1, 0.15) is 0 Å². The molecular weight excluding hydrogens is 196 g/mol. The van der Waals surface area contributed by atoms with Gasteiger partial charge in [-0.25, -0.2) is 9.59 Å².